The molecule has 0 spiro atoms. The van der Waals surface area contributed by atoms with Crippen LogP contribution in [-0.4, -0.2) is 10.1 Å². The Labute approximate surface area is 200 Å². The molecule has 0 saturated heterocycles. The molecule has 3 heterocycles. The molecule has 4 aromatic rings. The lowest BCUT2D eigenvalue weighted by Gasteiger charge is -2.32. The summed E-state index contributed by atoms with van der Waals surface area (Å²) in [6, 6.07) is 27.6. The minimum atomic E-state index is -3.27. The second-order valence-corrected chi connectivity index (χ2v) is 16.1. The van der Waals surface area contributed by atoms with E-state index in [1.54, 1.807) is 12.4 Å². The van der Waals surface area contributed by atoms with Gasteiger partial charge in [0, 0.05) is 49.7 Å². The second-order valence-electron chi connectivity index (χ2n) is 9.87. The average Bonchev–Trinajstić information content (AvgIpc) is 3.08. The predicted molar refractivity (Wildman–Crippen MR) is 143 cm³/mol. The van der Waals surface area contributed by atoms with Gasteiger partial charge in [-0.1, -0.05) is 93.6 Å². The molecule has 0 aliphatic carbocycles. The molecule has 0 radical (unpaired) electrons. The number of aromatic nitrogens is 1. The van der Waals surface area contributed by atoms with Crippen LogP contribution in [0.1, 0.15) is 37.5 Å². The molecule has 3 nitrogen and oxygen atoms in total. The Bertz CT molecular complexity index is 1600. The van der Waals surface area contributed by atoms with Crippen LogP contribution in [0.25, 0.3) is 10.9 Å². The smallest absolute Gasteiger partial charge is 0.172 e. The lowest BCUT2D eigenvalue weighted by molar-refractivity contribution is 0.565. The van der Waals surface area contributed by atoms with E-state index in [9.17, 15) is 0 Å². The molecule has 1 aromatic heterocycles. The third-order valence-electron chi connectivity index (χ3n) is 7.05. The molecule has 0 saturated carbocycles. The summed E-state index contributed by atoms with van der Waals surface area (Å²) in [6.45, 7) is 6.17. The Morgan fingerprint density at radius 1 is 0.618 bits per heavy atom. The highest BCUT2D eigenvalue weighted by atomic mass is 31.2. The average molecular weight is 481 g/mol. The number of benzene rings is 3. The highest BCUT2D eigenvalue weighted by molar-refractivity contribution is 7.87. The van der Waals surface area contributed by atoms with Gasteiger partial charge in [-0.05, 0) is 28.8 Å². The number of pyridine rings is 1. The molecule has 2 unspecified atom stereocenters. The minimum absolute atomic E-state index is 0.507. The van der Waals surface area contributed by atoms with Crippen molar-refractivity contribution in [1.29, 1.82) is 0 Å². The van der Waals surface area contributed by atoms with E-state index in [4.69, 9.17) is 0 Å². The summed E-state index contributed by atoms with van der Waals surface area (Å²) in [5.74, 6) is 0. The first-order valence-corrected chi connectivity index (χ1v) is 14.9. The van der Waals surface area contributed by atoms with Crippen molar-refractivity contribution in [3.63, 3.8) is 0 Å². The van der Waals surface area contributed by atoms with Gasteiger partial charge in [-0.15, -0.1) is 0 Å². The van der Waals surface area contributed by atoms with Crippen LogP contribution in [0.2, 0.25) is 0 Å². The van der Waals surface area contributed by atoms with Crippen LogP contribution in [0.15, 0.2) is 97.3 Å². The zero-order valence-corrected chi connectivity index (χ0v) is 21.2. The van der Waals surface area contributed by atoms with E-state index in [2.05, 4.69) is 31.8 Å². The van der Waals surface area contributed by atoms with Gasteiger partial charge < -0.3 is 9.13 Å². The van der Waals surface area contributed by atoms with Crippen molar-refractivity contribution < 1.29 is 9.13 Å². The first kappa shape index (κ1) is 21.5. The number of fused-ring (bicyclic) bond motifs is 6. The van der Waals surface area contributed by atoms with Gasteiger partial charge in [-0.3, -0.25) is 4.98 Å². The van der Waals surface area contributed by atoms with E-state index < -0.39 is 19.4 Å². The van der Waals surface area contributed by atoms with Crippen molar-refractivity contribution in [3.8, 4) is 0 Å². The van der Waals surface area contributed by atoms with Crippen LogP contribution >= 0.6 is 14.3 Å². The van der Waals surface area contributed by atoms with E-state index in [1.165, 1.54) is 0 Å². The highest BCUT2D eigenvalue weighted by Crippen LogP contribution is 2.73. The second kappa shape index (κ2) is 7.25. The van der Waals surface area contributed by atoms with Crippen molar-refractivity contribution in [2.75, 3.05) is 0 Å². The topological polar surface area (TPSA) is 47.0 Å². The monoisotopic (exact) mass is 481 g/mol. The van der Waals surface area contributed by atoms with Gasteiger partial charge in [-0.25, -0.2) is 0 Å². The van der Waals surface area contributed by atoms with Crippen molar-refractivity contribution in [3.05, 3.63) is 114 Å². The summed E-state index contributed by atoms with van der Waals surface area (Å²) in [5, 5.41) is 3.51. The minimum Gasteiger partial charge on any atom is -0.313 e. The van der Waals surface area contributed by atoms with Gasteiger partial charge in [0.2, 0.25) is 0 Å². The molecule has 5 heteroatoms. The van der Waals surface area contributed by atoms with Crippen molar-refractivity contribution in [2.24, 2.45) is 0 Å². The van der Waals surface area contributed by atoms with Gasteiger partial charge >= 0.3 is 0 Å². The summed E-state index contributed by atoms with van der Waals surface area (Å²) in [5.41, 5.74) is 3.69. The zero-order chi connectivity index (χ0) is 23.7. The maximum Gasteiger partial charge on any atom is 0.172 e. The van der Waals surface area contributed by atoms with Gasteiger partial charge in [0.1, 0.15) is 7.14 Å². The molecular formula is C29H25NO2P2. The molecule has 0 bridgehead atoms. The number of hydrogen-bond donors (Lipinski definition) is 0. The normalized spacial score (nSPS) is 22.9. The van der Waals surface area contributed by atoms with Crippen LogP contribution in [-0.2, 0) is 9.13 Å². The van der Waals surface area contributed by atoms with E-state index in [1.807, 2.05) is 78.9 Å². The molecule has 6 rings (SSSR count). The quantitative estimate of drug-likeness (QED) is 0.325. The van der Waals surface area contributed by atoms with Crippen LogP contribution in [0, 0.1) is 0 Å². The van der Waals surface area contributed by atoms with E-state index in [0.29, 0.717) is 0 Å². The van der Waals surface area contributed by atoms with E-state index in [-0.39, 0.29) is 0 Å². The molecule has 0 amide bonds. The van der Waals surface area contributed by atoms with Gasteiger partial charge in [0.25, 0.3) is 0 Å². The Morgan fingerprint density at radius 2 is 1.09 bits per heavy atom. The SMILES string of the molecule is CC(C)(C)P1(=O)C2=C(c3ccccc3P(=O)(c3ccncc3)c3ccccc32)c2ccccc21. The van der Waals surface area contributed by atoms with Crippen LogP contribution < -0.4 is 21.2 Å². The Balaban J connectivity index is 1.86. The highest BCUT2D eigenvalue weighted by Gasteiger charge is 2.52. The Hall–Kier alpha value is -2.99. The zero-order valence-electron chi connectivity index (χ0n) is 19.4. The van der Waals surface area contributed by atoms with E-state index >= 15 is 9.13 Å². The molecule has 2 aliphatic heterocycles. The lowest BCUT2D eigenvalue weighted by atomic mass is 9.96. The molecule has 0 fully saturated rings. The van der Waals surface area contributed by atoms with Gasteiger partial charge in [0.05, 0.1) is 0 Å². The number of nitrogens with zero attached hydrogens (tertiary/aromatic N) is 1. The Morgan fingerprint density at radius 3 is 1.68 bits per heavy atom. The van der Waals surface area contributed by atoms with Gasteiger partial charge in [0.15, 0.2) is 7.14 Å². The fourth-order valence-electron chi connectivity index (χ4n) is 5.51. The molecule has 168 valence electrons. The summed E-state index contributed by atoms with van der Waals surface area (Å²) < 4.78 is 30.7. The van der Waals surface area contributed by atoms with Crippen LogP contribution in [0.5, 0.6) is 0 Å². The lowest BCUT2D eigenvalue weighted by Crippen LogP contribution is -2.29. The third kappa shape index (κ3) is 2.63. The largest absolute Gasteiger partial charge is 0.313 e. The molecule has 2 aliphatic rings. The third-order valence-corrected chi connectivity index (χ3v) is 14.3. The molecule has 0 N–H and O–H groups in total. The first-order valence-electron chi connectivity index (χ1n) is 11.4. The predicted octanol–water partition coefficient (Wildman–Crippen LogP) is 5.75. The van der Waals surface area contributed by atoms with E-state index in [0.717, 1.165) is 48.8 Å². The summed E-state index contributed by atoms with van der Waals surface area (Å²) in [7, 11) is -6.36. The number of rotatable bonds is 1. The van der Waals surface area contributed by atoms with Crippen molar-refractivity contribution in [1.82, 2.24) is 4.98 Å². The number of hydrogen-bond acceptors (Lipinski definition) is 3. The Kier molecular flexibility index (Phi) is 4.59. The summed E-state index contributed by atoms with van der Waals surface area (Å²) in [6.07, 6.45) is 3.39. The fourth-order valence-corrected chi connectivity index (χ4v) is 12.2. The summed E-state index contributed by atoms with van der Waals surface area (Å²) in [4.78, 5) is 4.17. The molecule has 34 heavy (non-hydrogen) atoms. The van der Waals surface area contributed by atoms with Crippen molar-refractivity contribution in [2.45, 2.75) is 25.9 Å². The standard InChI is InChI=1S/C29H25NO2P2/c1-29(2,3)34(32)26-15-9-5-11-22(26)27-21-10-4-7-13-24(21)33(31,20-16-18-30-19-17-20)25-14-8-6-12-23(25)28(27)34/h4-19H,1-3H3. The van der Waals surface area contributed by atoms with Crippen molar-refractivity contribution >= 4 is 46.4 Å². The first-order chi connectivity index (χ1) is 16.3. The molecule has 2 atom stereocenters. The maximum absolute atomic E-state index is 15.4. The van der Waals surface area contributed by atoms with Gasteiger partial charge in [-0.2, -0.15) is 0 Å². The maximum atomic E-state index is 15.4. The van der Waals surface area contributed by atoms with Crippen LogP contribution in [0.3, 0.4) is 0 Å². The summed E-state index contributed by atoms with van der Waals surface area (Å²) >= 11 is 0. The fraction of sp³-hybridized carbons (Fsp3) is 0.138. The molecular weight excluding hydrogens is 456 g/mol. The molecule has 3 aromatic carbocycles. The van der Waals surface area contributed by atoms with Crippen LogP contribution in [0.4, 0.5) is 0 Å².